The van der Waals surface area contributed by atoms with Crippen LogP contribution < -0.4 is 10.1 Å². The summed E-state index contributed by atoms with van der Waals surface area (Å²) in [4.78, 5) is 11.7. The van der Waals surface area contributed by atoms with Crippen LogP contribution in [0.1, 0.15) is 43.6 Å². The first-order chi connectivity index (χ1) is 10.8. The van der Waals surface area contributed by atoms with E-state index in [0.717, 1.165) is 31.7 Å². The van der Waals surface area contributed by atoms with E-state index in [2.05, 4.69) is 17.4 Å². The predicted molar refractivity (Wildman–Crippen MR) is 85.1 cm³/mol. The second-order valence-corrected chi connectivity index (χ2v) is 6.38. The summed E-state index contributed by atoms with van der Waals surface area (Å²) >= 11 is 0. The predicted octanol–water partition coefficient (Wildman–Crippen LogP) is 2.87. The minimum Gasteiger partial charge on any atom is -0.489 e. The van der Waals surface area contributed by atoms with Gasteiger partial charge in [0.05, 0.1) is 13.5 Å². The van der Waals surface area contributed by atoms with E-state index in [9.17, 15) is 4.79 Å². The lowest BCUT2D eigenvalue weighted by molar-refractivity contribution is -0.141. The van der Waals surface area contributed by atoms with Crippen LogP contribution in [-0.4, -0.2) is 32.3 Å². The van der Waals surface area contributed by atoms with Gasteiger partial charge >= 0.3 is 5.97 Å². The van der Waals surface area contributed by atoms with E-state index in [4.69, 9.17) is 9.47 Å². The molecule has 1 saturated heterocycles. The molecule has 1 heterocycles. The van der Waals surface area contributed by atoms with Crippen LogP contribution in [-0.2, 0) is 9.53 Å². The monoisotopic (exact) mass is 303 g/mol. The van der Waals surface area contributed by atoms with Crippen molar-refractivity contribution in [2.24, 2.45) is 5.92 Å². The van der Waals surface area contributed by atoms with Crippen LogP contribution in [0.5, 0.6) is 5.75 Å². The average Bonchev–Trinajstić information content (AvgIpc) is 3.38. The second kappa shape index (κ2) is 7.14. The molecule has 0 bridgehead atoms. The number of esters is 1. The van der Waals surface area contributed by atoms with Gasteiger partial charge in [-0.1, -0.05) is 12.1 Å². The van der Waals surface area contributed by atoms with Gasteiger partial charge in [-0.15, -0.1) is 0 Å². The van der Waals surface area contributed by atoms with Crippen LogP contribution in [0, 0.1) is 5.92 Å². The van der Waals surface area contributed by atoms with E-state index >= 15 is 0 Å². The highest BCUT2D eigenvalue weighted by Gasteiger charge is 2.34. The molecule has 2 aliphatic rings. The summed E-state index contributed by atoms with van der Waals surface area (Å²) in [5, 5.41) is 3.37. The van der Waals surface area contributed by atoms with E-state index in [1.54, 1.807) is 0 Å². The van der Waals surface area contributed by atoms with Crippen LogP contribution in [0.2, 0.25) is 0 Å². The molecule has 1 saturated carbocycles. The van der Waals surface area contributed by atoms with Crippen molar-refractivity contribution in [3.05, 3.63) is 29.8 Å². The van der Waals surface area contributed by atoms with Crippen molar-refractivity contribution < 1.29 is 14.3 Å². The number of ether oxygens (including phenoxy) is 2. The molecule has 0 radical (unpaired) electrons. The van der Waals surface area contributed by atoms with Crippen molar-refractivity contribution in [1.29, 1.82) is 0 Å². The van der Waals surface area contributed by atoms with Crippen molar-refractivity contribution in [1.82, 2.24) is 5.32 Å². The Hall–Kier alpha value is -1.55. The van der Waals surface area contributed by atoms with Crippen molar-refractivity contribution in [2.45, 2.75) is 44.1 Å². The van der Waals surface area contributed by atoms with E-state index in [0.29, 0.717) is 12.3 Å². The number of carbonyl (C=O) groups is 1. The first-order valence-corrected chi connectivity index (χ1v) is 8.30. The molecule has 1 aliphatic carbocycles. The number of hydrogen-bond donors (Lipinski definition) is 1. The Morgan fingerprint density at radius 1 is 1.36 bits per heavy atom. The summed E-state index contributed by atoms with van der Waals surface area (Å²) < 4.78 is 11.0. The zero-order valence-corrected chi connectivity index (χ0v) is 13.2. The SMILES string of the molecule is COC(=O)C[C@H](c1cccc(O[C@H]2CCCNC2)c1)C1CC1. The van der Waals surface area contributed by atoms with E-state index < -0.39 is 0 Å². The Balaban J connectivity index is 1.69. The average molecular weight is 303 g/mol. The summed E-state index contributed by atoms with van der Waals surface area (Å²) in [5.74, 6) is 1.67. The number of benzene rings is 1. The summed E-state index contributed by atoms with van der Waals surface area (Å²) in [6, 6.07) is 8.27. The maximum atomic E-state index is 11.7. The van der Waals surface area contributed by atoms with Crippen LogP contribution in [0.4, 0.5) is 0 Å². The molecule has 22 heavy (non-hydrogen) atoms. The molecule has 3 rings (SSSR count). The molecule has 120 valence electrons. The van der Waals surface area contributed by atoms with Gasteiger partial charge in [0.25, 0.3) is 0 Å². The van der Waals surface area contributed by atoms with Gasteiger partial charge in [0.1, 0.15) is 11.9 Å². The summed E-state index contributed by atoms with van der Waals surface area (Å²) in [6.07, 6.45) is 5.40. The van der Waals surface area contributed by atoms with Crippen LogP contribution in [0.15, 0.2) is 24.3 Å². The van der Waals surface area contributed by atoms with Gasteiger partial charge in [-0.2, -0.15) is 0 Å². The second-order valence-electron chi connectivity index (χ2n) is 6.38. The third-order valence-corrected chi connectivity index (χ3v) is 4.65. The number of nitrogens with one attached hydrogen (secondary N) is 1. The van der Waals surface area contributed by atoms with Gasteiger partial charge in [-0.05, 0) is 61.8 Å². The van der Waals surface area contributed by atoms with E-state index in [1.807, 2.05) is 12.1 Å². The molecule has 0 amide bonds. The van der Waals surface area contributed by atoms with Crippen LogP contribution in [0.3, 0.4) is 0 Å². The first kappa shape index (κ1) is 15.3. The smallest absolute Gasteiger partial charge is 0.306 e. The molecule has 4 nitrogen and oxygen atoms in total. The highest BCUT2D eigenvalue weighted by Crippen LogP contribution is 2.45. The molecule has 1 aromatic rings. The topological polar surface area (TPSA) is 47.6 Å². The third-order valence-electron chi connectivity index (χ3n) is 4.65. The Morgan fingerprint density at radius 2 is 2.23 bits per heavy atom. The normalized spacial score (nSPS) is 22.9. The number of piperidine rings is 1. The van der Waals surface area contributed by atoms with Gasteiger partial charge < -0.3 is 14.8 Å². The fraction of sp³-hybridized carbons (Fsp3) is 0.611. The maximum Gasteiger partial charge on any atom is 0.306 e. The summed E-state index contributed by atoms with van der Waals surface area (Å²) in [5.41, 5.74) is 1.20. The van der Waals surface area contributed by atoms with Crippen molar-refractivity contribution >= 4 is 5.97 Å². The molecule has 1 N–H and O–H groups in total. The molecule has 0 aromatic heterocycles. The lowest BCUT2D eigenvalue weighted by Crippen LogP contribution is -2.37. The van der Waals surface area contributed by atoms with E-state index in [1.165, 1.54) is 25.5 Å². The Labute approximate surface area is 132 Å². The lowest BCUT2D eigenvalue weighted by Gasteiger charge is -2.24. The van der Waals surface area contributed by atoms with Crippen LogP contribution in [0.25, 0.3) is 0 Å². The molecule has 2 fully saturated rings. The third kappa shape index (κ3) is 4.01. The maximum absolute atomic E-state index is 11.7. The molecular formula is C18H25NO3. The molecule has 0 spiro atoms. The zero-order chi connectivity index (χ0) is 15.4. The standard InChI is InChI=1S/C18H25NO3/c1-21-18(20)11-17(13-7-8-13)14-4-2-5-15(10-14)22-16-6-3-9-19-12-16/h2,4-5,10,13,16-17,19H,3,6-9,11-12H2,1H3/t16-,17-/m0/s1. The highest BCUT2D eigenvalue weighted by molar-refractivity contribution is 5.70. The number of carbonyl (C=O) groups excluding carboxylic acids is 1. The van der Waals surface area contributed by atoms with E-state index in [-0.39, 0.29) is 18.0 Å². The number of rotatable bonds is 6. The van der Waals surface area contributed by atoms with Crippen molar-refractivity contribution in [3.63, 3.8) is 0 Å². The highest BCUT2D eigenvalue weighted by atomic mass is 16.5. The quantitative estimate of drug-likeness (QED) is 0.821. The molecular weight excluding hydrogens is 278 g/mol. The number of hydrogen-bond acceptors (Lipinski definition) is 4. The Bertz CT molecular complexity index is 507. The molecule has 4 heteroatoms. The molecule has 1 aromatic carbocycles. The largest absolute Gasteiger partial charge is 0.489 e. The van der Waals surface area contributed by atoms with Gasteiger partial charge in [0.2, 0.25) is 0 Å². The number of methoxy groups -OCH3 is 1. The minimum absolute atomic E-state index is 0.125. The summed E-state index contributed by atoms with van der Waals surface area (Å²) in [6.45, 7) is 2.00. The minimum atomic E-state index is -0.125. The molecule has 2 atom stereocenters. The fourth-order valence-electron chi connectivity index (χ4n) is 3.25. The van der Waals surface area contributed by atoms with Crippen LogP contribution >= 0.6 is 0 Å². The van der Waals surface area contributed by atoms with Gasteiger partial charge in [0, 0.05) is 6.54 Å². The van der Waals surface area contributed by atoms with Gasteiger partial charge in [-0.3, -0.25) is 4.79 Å². The van der Waals surface area contributed by atoms with Crippen molar-refractivity contribution in [3.8, 4) is 5.75 Å². The van der Waals surface area contributed by atoms with Gasteiger partial charge in [0.15, 0.2) is 0 Å². The van der Waals surface area contributed by atoms with Gasteiger partial charge in [-0.25, -0.2) is 0 Å². The zero-order valence-electron chi connectivity index (χ0n) is 13.2. The molecule has 1 aliphatic heterocycles. The van der Waals surface area contributed by atoms with Crippen molar-refractivity contribution in [2.75, 3.05) is 20.2 Å². The molecule has 0 unspecified atom stereocenters. The first-order valence-electron chi connectivity index (χ1n) is 8.30. The fourth-order valence-corrected chi connectivity index (χ4v) is 3.25. The summed E-state index contributed by atoms with van der Waals surface area (Å²) in [7, 11) is 1.46. The Morgan fingerprint density at radius 3 is 2.91 bits per heavy atom. The lowest BCUT2D eigenvalue weighted by atomic mass is 9.91. The Kier molecular flexibility index (Phi) is 4.98.